The fourth-order valence-corrected chi connectivity index (χ4v) is 3.42. The second kappa shape index (κ2) is 8.75. The van der Waals surface area contributed by atoms with Crippen LogP contribution >= 0.6 is 12.4 Å². The van der Waals surface area contributed by atoms with Crippen molar-refractivity contribution in [3.63, 3.8) is 0 Å². The number of nitrogens with two attached hydrogens (primary N) is 1. The van der Waals surface area contributed by atoms with E-state index in [2.05, 4.69) is 5.32 Å². The highest BCUT2D eigenvalue weighted by Gasteiger charge is 2.28. The van der Waals surface area contributed by atoms with Gasteiger partial charge in [-0.25, -0.2) is 0 Å². The molecule has 3 rings (SSSR count). The third kappa shape index (κ3) is 4.14. The topological polar surface area (TPSA) is 86.7 Å². The molecule has 1 aliphatic rings. The van der Waals surface area contributed by atoms with Crippen molar-refractivity contribution in [2.24, 2.45) is 11.7 Å². The lowest BCUT2D eigenvalue weighted by atomic mass is 9.91. The first-order chi connectivity index (χ1) is 12.0. The lowest BCUT2D eigenvalue weighted by molar-refractivity contribution is -0.125. The molecule has 7 heteroatoms. The number of aryl methyl sites for hydroxylation is 1. The summed E-state index contributed by atoms with van der Waals surface area (Å²) in [6, 6.07) is 4.92. The fourth-order valence-electron chi connectivity index (χ4n) is 3.42. The number of carbonyl (C=O) groups is 1. The Bertz CT molecular complexity index is 755. The Morgan fingerprint density at radius 1 is 1.35 bits per heavy atom. The Morgan fingerprint density at radius 2 is 2.04 bits per heavy atom. The van der Waals surface area contributed by atoms with Gasteiger partial charge in [0, 0.05) is 24.2 Å². The summed E-state index contributed by atoms with van der Waals surface area (Å²) in [5.74, 6) is 1.55. The summed E-state index contributed by atoms with van der Waals surface area (Å²) in [6.45, 7) is 5.25. The molecule has 1 aromatic carbocycles. The van der Waals surface area contributed by atoms with E-state index in [4.69, 9.17) is 19.6 Å². The van der Waals surface area contributed by atoms with E-state index in [1.54, 1.807) is 7.11 Å². The first-order valence-electron chi connectivity index (χ1n) is 8.72. The van der Waals surface area contributed by atoms with Crippen molar-refractivity contribution in [1.82, 2.24) is 5.32 Å². The Hall–Kier alpha value is -1.76. The molecule has 2 unspecified atom stereocenters. The Labute approximate surface area is 159 Å². The van der Waals surface area contributed by atoms with Gasteiger partial charge in [0.1, 0.15) is 17.1 Å². The maximum Gasteiger partial charge on any atom is 0.237 e. The molecule has 1 amide bonds. The summed E-state index contributed by atoms with van der Waals surface area (Å²) in [5.41, 5.74) is 7.94. The Kier molecular flexibility index (Phi) is 6.92. The van der Waals surface area contributed by atoms with Crippen LogP contribution in [0.2, 0.25) is 0 Å². The number of halogens is 1. The van der Waals surface area contributed by atoms with E-state index in [0.29, 0.717) is 13.2 Å². The van der Waals surface area contributed by atoms with Gasteiger partial charge in [0.15, 0.2) is 0 Å². The normalized spacial score (nSPS) is 17.4. The van der Waals surface area contributed by atoms with Crippen LogP contribution < -0.4 is 15.8 Å². The van der Waals surface area contributed by atoms with E-state index in [1.165, 1.54) is 0 Å². The van der Waals surface area contributed by atoms with Crippen LogP contribution in [0.3, 0.4) is 0 Å². The van der Waals surface area contributed by atoms with Crippen LogP contribution in [0.25, 0.3) is 11.0 Å². The van der Waals surface area contributed by atoms with Gasteiger partial charge in [0.25, 0.3) is 0 Å². The number of fused-ring (bicyclic) bond motifs is 1. The van der Waals surface area contributed by atoms with Gasteiger partial charge < -0.3 is 24.9 Å². The molecule has 26 heavy (non-hydrogen) atoms. The van der Waals surface area contributed by atoms with E-state index in [0.717, 1.165) is 40.9 Å². The Balaban J connectivity index is 0.00000243. The lowest BCUT2D eigenvalue weighted by Gasteiger charge is -2.27. The summed E-state index contributed by atoms with van der Waals surface area (Å²) in [7, 11) is 1.64. The smallest absolute Gasteiger partial charge is 0.237 e. The maximum atomic E-state index is 12.5. The monoisotopic (exact) mass is 382 g/mol. The van der Waals surface area contributed by atoms with Crippen molar-refractivity contribution in [2.75, 3.05) is 20.3 Å². The lowest BCUT2D eigenvalue weighted by Crippen LogP contribution is -2.47. The number of benzene rings is 1. The number of ether oxygens (including phenoxy) is 2. The van der Waals surface area contributed by atoms with Crippen LogP contribution in [0.4, 0.5) is 0 Å². The molecule has 1 fully saturated rings. The molecule has 0 radical (unpaired) electrons. The molecule has 1 aliphatic heterocycles. The van der Waals surface area contributed by atoms with Gasteiger partial charge in [0.05, 0.1) is 19.2 Å². The summed E-state index contributed by atoms with van der Waals surface area (Å²) in [5, 5.41) is 3.98. The molecule has 1 saturated heterocycles. The molecule has 0 spiro atoms. The third-order valence-electron chi connectivity index (χ3n) is 5.01. The SMILES string of the molecule is COc1ccc2oc(C(C)NC(=O)C(N)C3CCOCC3)c(C)c2c1.Cl. The van der Waals surface area contributed by atoms with Gasteiger partial charge in [-0.15, -0.1) is 12.4 Å². The molecular weight excluding hydrogens is 356 g/mol. The van der Waals surface area contributed by atoms with Crippen molar-refractivity contribution < 1.29 is 18.7 Å². The largest absolute Gasteiger partial charge is 0.497 e. The van der Waals surface area contributed by atoms with E-state index in [9.17, 15) is 4.79 Å². The van der Waals surface area contributed by atoms with Crippen LogP contribution in [0, 0.1) is 12.8 Å². The summed E-state index contributed by atoms with van der Waals surface area (Å²) >= 11 is 0. The summed E-state index contributed by atoms with van der Waals surface area (Å²) in [6.07, 6.45) is 1.65. The number of rotatable bonds is 5. The first kappa shape index (κ1) is 20.6. The zero-order chi connectivity index (χ0) is 18.0. The number of hydrogen-bond donors (Lipinski definition) is 2. The number of carbonyl (C=O) groups excluding carboxylic acids is 1. The molecule has 144 valence electrons. The number of nitrogens with one attached hydrogen (secondary N) is 1. The van der Waals surface area contributed by atoms with Crippen molar-refractivity contribution in [1.29, 1.82) is 0 Å². The van der Waals surface area contributed by atoms with Gasteiger partial charge in [0.2, 0.25) is 5.91 Å². The quantitative estimate of drug-likeness (QED) is 0.829. The second-order valence-corrected chi connectivity index (χ2v) is 6.66. The van der Waals surface area contributed by atoms with Crippen molar-refractivity contribution >= 4 is 29.3 Å². The van der Waals surface area contributed by atoms with Crippen LogP contribution in [0.15, 0.2) is 22.6 Å². The summed E-state index contributed by atoms with van der Waals surface area (Å²) < 4.78 is 16.6. The van der Waals surface area contributed by atoms with Gasteiger partial charge in [-0.1, -0.05) is 0 Å². The predicted octanol–water partition coefficient (Wildman–Crippen LogP) is 3.10. The van der Waals surface area contributed by atoms with Crippen LogP contribution in [0.1, 0.15) is 37.1 Å². The molecular formula is C19H27ClN2O4. The second-order valence-electron chi connectivity index (χ2n) is 6.66. The Morgan fingerprint density at radius 3 is 2.69 bits per heavy atom. The molecule has 0 aliphatic carbocycles. The number of furan rings is 1. The number of hydrogen-bond acceptors (Lipinski definition) is 5. The van der Waals surface area contributed by atoms with E-state index >= 15 is 0 Å². The highest BCUT2D eigenvalue weighted by molar-refractivity contribution is 5.85. The van der Waals surface area contributed by atoms with Gasteiger partial charge in [-0.05, 0) is 50.8 Å². The average molecular weight is 383 g/mol. The first-order valence-corrected chi connectivity index (χ1v) is 8.72. The number of amides is 1. The average Bonchev–Trinajstić information content (AvgIpc) is 2.98. The highest BCUT2D eigenvalue weighted by Crippen LogP contribution is 2.32. The zero-order valence-corrected chi connectivity index (χ0v) is 16.2. The zero-order valence-electron chi connectivity index (χ0n) is 15.4. The molecule has 2 heterocycles. The van der Waals surface area contributed by atoms with E-state index in [1.807, 2.05) is 32.0 Å². The molecule has 0 bridgehead atoms. The number of methoxy groups -OCH3 is 1. The molecule has 3 N–H and O–H groups in total. The van der Waals surface area contributed by atoms with Crippen molar-refractivity contribution in [3.05, 3.63) is 29.5 Å². The third-order valence-corrected chi connectivity index (χ3v) is 5.01. The van der Waals surface area contributed by atoms with Crippen molar-refractivity contribution in [2.45, 2.75) is 38.8 Å². The minimum atomic E-state index is -0.517. The van der Waals surface area contributed by atoms with Gasteiger partial charge >= 0.3 is 0 Å². The maximum absolute atomic E-state index is 12.5. The molecule has 2 aromatic rings. The predicted molar refractivity (Wildman–Crippen MR) is 103 cm³/mol. The molecule has 1 aromatic heterocycles. The highest BCUT2D eigenvalue weighted by atomic mass is 35.5. The van der Waals surface area contributed by atoms with Crippen LogP contribution in [0.5, 0.6) is 5.75 Å². The van der Waals surface area contributed by atoms with Crippen LogP contribution in [-0.2, 0) is 9.53 Å². The minimum absolute atomic E-state index is 0. The molecule has 2 atom stereocenters. The van der Waals surface area contributed by atoms with E-state index < -0.39 is 6.04 Å². The van der Waals surface area contributed by atoms with Crippen molar-refractivity contribution in [3.8, 4) is 5.75 Å². The van der Waals surface area contributed by atoms with Crippen LogP contribution in [-0.4, -0.2) is 32.3 Å². The van der Waals surface area contributed by atoms with Gasteiger partial charge in [-0.3, -0.25) is 4.79 Å². The molecule has 6 nitrogen and oxygen atoms in total. The molecule has 0 saturated carbocycles. The van der Waals surface area contributed by atoms with E-state index in [-0.39, 0.29) is 30.3 Å². The standard InChI is InChI=1S/C19H26N2O4.ClH/c1-11-15-10-14(23-3)4-5-16(15)25-18(11)12(2)21-19(22)17(20)13-6-8-24-9-7-13;/h4-5,10,12-13,17H,6-9,20H2,1-3H3,(H,21,22);1H. The van der Waals surface area contributed by atoms with Gasteiger partial charge in [-0.2, -0.15) is 0 Å². The minimum Gasteiger partial charge on any atom is -0.497 e. The fraction of sp³-hybridized carbons (Fsp3) is 0.526. The summed E-state index contributed by atoms with van der Waals surface area (Å²) in [4.78, 5) is 12.5.